The van der Waals surface area contributed by atoms with E-state index in [1.165, 1.54) is 12.1 Å². The summed E-state index contributed by atoms with van der Waals surface area (Å²) in [5.74, 6) is 0. The number of fused-ring (bicyclic) bond motifs is 1. The highest BCUT2D eigenvalue weighted by Crippen LogP contribution is 2.25. The lowest BCUT2D eigenvalue weighted by Crippen LogP contribution is -1.92. The molecule has 0 aliphatic carbocycles. The molecule has 6 heteroatoms. The summed E-state index contributed by atoms with van der Waals surface area (Å²) in [7, 11) is 0. The Labute approximate surface area is 140 Å². The van der Waals surface area contributed by atoms with Crippen molar-refractivity contribution >= 4 is 44.3 Å². The molecule has 3 rings (SSSR count). The predicted molar refractivity (Wildman–Crippen MR) is 96.0 cm³/mol. The number of halogens is 1. The zero-order valence-electron chi connectivity index (χ0n) is 11.9. The number of nitro groups is 1. The van der Waals surface area contributed by atoms with Crippen molar-refractivity contribution in [3.8, 4) is 0 Å². The van der Waals surface area contributed by atoms with E-state index < -0.39 is 4.92 Å². The lowest BCUT2D eigenvalue weighted by Gasteiger charge is -2.04. The lowest BCUT2D eigenvalue weighted by atomic mass is 10.1. The van der Waals surface area contributed by atoms with Crippen molar-refractivity contribution in [2.75, 3.05) is 5.43 Å². The van der Waals surface area contributed by atoms with E-state index in [1.54, 1.807) is 18.3 Å². The molecule has 114 valence electrons. The molecule has 0 spiro atoms. The van der Waals surface area contributed by atoms with Crippen LogP contribution in [0.4, 0.5) is 11.4 Å². The number of anilines is 1. The van der Waals surface area contributed by atoms with Crippen molar-refractivity contribution in [1.29, 1.82) is 0 Å². The van der Waals surface area contributed by atoms with E-state index in [0.717, 1.165) is 20.8 Å². The average molecular weight is 370 g/mol. The van der Waals surface area contributed by atoms with Gasteiger partial charge in [0.1, 0.15) is 0 Å². The summed E-state index contributed by atoms with van der Waals surface area (Å²) in [6.07, 6.45) is 1.73. The van der Waals surface area contributed by atoms with Crippen LogP contribution >= 0.6 is 15.9 Å². The summed E-state index contributed by atoms with van der Waals surface area (Å²) in [6.45, 7) is 0. The number of rotatable bonds is 4. The van der Waals surface area contributed by atoms with Crippen molar-refractivity contribution in [3.05, 3.63) is 80.8 Å². The Balaban J connectivity index is 1.81. The van der Waals surface area contributed by atoms with Gasteiger partial charge in [-0.05, 0) is 29.0 Å². The molecule has 0 saturated heterocycles. The normalized spacial score (nSPS) is 11.0. The summed E-state index contributed by atoms with van der Waals surface area (Å²) in [4.78, 5) is 10.2. The van der Waals surface area contributed by atoms with Crippen molar-refractivity contribution in [2.45, 2.75) is 0 Å². The number of hydrogen-bond acceptors (Lipinski definition) is 4. The van der Waals surface area contributed by atoms with Crippen LogP contribution < -0.4 is 5.43 Å². The molecule has 0 bridgehead atoms. The molecule has 1 N–H and O–H groups in total. The minimum atomic E-state index is -0.430. The Morgan fingerprint density at radius 2 is 1.70 bits per heavy atom. The maximum Gasteiger partial charge on any atom is 0.269 e. The third kappa shape index (κ3) is 3.37. The predicted octanol–water partition coefficient (Wildman–Crippen LogP) is 4.96. The van der Waals surface area contributed by atoms with Gasteiger partial charge in [-0.25, -0.2) is 0 Å². The standard InChI is InChI=1S/C17H12BrN3O2/c18-17-6-2-4-15-12(3-1-5-16(15)17)11-19-20-13-7-9-14(10-8-13)21(22)23/h1-11,20H/b19-11-. The van der Waals surface area contributed by atoms with Gasteiger partial charge in [0.2, 0.25) is 0 Å². The highest BCUT2D eigenvalue weighted by molar-refractivity contribution is 9.10. The first-order valence-corrected chi connectivity index (χ1v) is 7.65. The lowest BCUT2D eigenvalue weighted by molar-refractivity contribution is -0.384. The highest BCUT2D eigenvalue weighted by atomic mass is 79.9. The topological polar surface area (TPSA) is 67.5 Å². The molecule has 3 aromatic carbocycles. The fraction of sp³-hybridized carbons (Fsp3) is 0. The third-order valence-electron chi connectivity index (χ3n) is 3.38. The molecule has 0 aliphatic heterocycles. The van der Waals surface area contributed by atoms with Gasteiger partial charge in [0.25, 0.3) is 5.69 Å². The van der Waals surface area contributed by atoms with E-state index in [0.29, 0.717) is 5.69 Å². The van der Waals surface area contributed by atoms with Gasteiger partial charge >= 0.3 is 0 Å². The number of benzene rings is 3. The SMILES string of the molecule is O=[N+]([O-])c1ccc(N/N=C\c2cccc3c(Br)cccc23)cc1. The van der Waals surface area contributed by atoms with Gasteiger partial charge in [-0.2, -0.15) is 5.10 Å². The van der Waals surface area contributed by atoms with Crippen molar-refractivity contribution in [1.82, 2.24) is 0 Å². The smallest absolute Gasteiger partial charge is 0.269 e. The van der Waals surface area contributed by atoms with E-state index in [2.05, 4.69) is 26.5 Å². The van der Waals surface area contributed by atoms with Crippen LogP contribution in [-0.4, -0.2) is 11.1 Å². The molecule has 5 nitrogen and oxygen atoms in total. The number of non-ortho nitro benzene ring substituents is 1. The van der Waals surface area contributed by atoms with E-state index >= 15 is 0 Å². The van der Waals surface area contributed by atoms with Crippen LogP contribution in [0.25, 0.3) is 10.8 Å². The summed E-state index contributed by atoms with van der Waals surface area (Å²) in [5.41, 5.74) is 4.60. The second-order valence-corrected chi connectivity index (χ2v) is 5.71. The van der Waals surface area contributed by atoms with E-state index in [-0.39, 0.29) is 5.69 Å². The molecule has 0 aromatic heterocycles. The van der Waals surface area contributed by atoms with Crippen LogP contribution in [0.3, 0.4) is 0 Å². The number of nitro benzene ring substituents is 1. The van der Waals surface area contributed by atoms with Gasteiger partial charge in [0, 0.05) is 22.2 Å². The molecule has 0 fully saturated rings. The monoisotopic (exact) mass is 369 g/mol. The first-order valence-electron chi connectivity index (χ1n) is 6.86. The van der Waals surface area contributed by atoms with Gasteiger partial charge in [-0.15, -0.1) is 0 Å². The van der Waals surface area contributed by atoms with Crippen molar-refractivity contribution in [3.63, 3.8) is 0 Å². The number of nitrogens with one attached hydrogen (secondary N) is 1. The van der Waals surface area contributed by atoms with E-state index in [9.17, 15) is 10.1 Å². The van der Waals surface area contributed by atoms with Crippen molar-refractivity contribution < 1.29 is 4.92 Å². The molecule has 3 aromatic rings. The van der Waals surface area contributed by atoms with Gasteiger partial charge in [-0.1, -0.05) is 46.3 Å². The number of hydrazone groups is 1. The van der Waals surface area contributed by atoms with Gasteiger partial charge in [0.15, 0.2) is 0 Å². The quantitative estimate of drug-likeness (QED) is 0.401. The Hall–Kier alpha value is -2.73. The molecule has 0 atom stereocenters. The summed E-state index contributed by atoms with van der Waals surface area (Å²) in [6, 6.07) is 18.1. The molecule has 0 radical (unpaired) electrons. The fourth-order valence-corrected chi connectivity index (χ4v) is 2.74. The zero-order chi connectivity index (χ0) is 16.2. The van der Waals surface area contributed by atoms with Gasteiger partial charge in [-0.3, -0.25) is 15.5 Å². The maximum atomic E-state index is 10.6. The Morgan fingerprint density at radius 3 is 2.43 bits per heavy atom. The second-order valence-electron chi connectivity index (χ2n) is 4.86. The summed E-state index contributed by atoms with van der Waals surface area (Å²) in [5, 5.41) is 17.0. The zero-order valence-corrected chi connectivity index (χ0v) is 13.5. The van der Waals surface area contributed by atoms with Crippen LogP contribution in [0, 0.1) is 10.1 Å². The minimum Gasteiger partial charge on any atom is -0.278 e. The molecular formula is C17H12BrN3O2. The first-order chi connectivity index (χ1) is 11.1. The van der Waals surface area contributed by atoms with Crippen LogP contribution in [0.5, 0.6) is 0 Å². The molecule has 0 unspecified atom stereocenters. The minimum absolute atomic E-state index is 0.0541. The Morgan fingerprint density at radius 1 is 1.00 bits per heavy atom. The molecule has 0 aliphatic rings. The largest absolute Gasteiger partial charge is 0.278 e. The van der Waals surface area contributed by atoms with Crippen LogP contribution in [0.1, 0.15) is 5.56 Å². The Bertz CT molecular complexity index is 892. The summed E-state index contributed by atoms with van der Waals surface area (Å²) < 4.78 is 1.04. The van der Waals surface area contributed by atoms with E-state index in [4.69, 9.17) is 0 Å². The van der Waals surface area contributed by atoms with Gasteiger partial charge in [0.05, 0.1) is 16.8 Å². The first kappa shape index (κ1) is 15.2. The third-order valence-corrected chi connectivity index (χ3v) is 4.07. The van der Waals surface area contributed by atoms with E-state index in [1.807, 2.05) is 36.4 Å². The van der Waals surface area contributed by atoms with Crippen LogP contribution in [-0.2, 0) is 0 Å². The number of nitrogens with zero attached hydrogens (tertiary/aromatic N) is 2. The second kappa shape index (κ2) is 6.58. The average Bonchev–Trinajstić information content (AvgIpc) is 2.56. The maximum absolute atomic E-state index is 10.6. The van der Waals surface area contributed by atoms with Crippen LogP contribution in [0.2, 0.25) is 0 Å². The molecule has 23 heavy (non-hydrogen) atoms. The molecular weight excluding hydrogens is 358 g/mol. The number of hydrogen-bond donors (Lipinski definition) is 1. The Kier molecular flexibility index (Phi) is 4.34. The molecule has 0 heterocycles. The summed E-state index contributed by atoms with van der Waals surface area (Å²) >= 11 is 3.54. The highest BCUT2D eigenvalue weighted by Gasteiger charge is 2.03. The van der Waals surface area contributed by atoms with Gasteiger partial charge < -0.3 is 0 Å². The van der Waals surface area contributed by atoms with Crippen LogP contribution in [0.15, 0.2) is 70.2 Å². The molecule has 0 amide bonds. The van der Waals surface area contributed by atoms with Crippen molar-refractivity contribution in [2.24, 2.45) is 5.10 Å². The molecule has 0 saturated carbocycles. The fourth-order valence-electron chi connectivity index (χ4n) is 2.24.